The molecule has 1 fully saturated rings. The Kier molecular flexibility index (Phi) is 8.14. The van der Waals surface area contributed by atoms with Crippen LogP contribution in [0.1, 0.15) is 11.3 Å². The number of benzene rings is 1. The lowest BCUT2D eigenvalue weighted by atomic mass is 10.1. The van der Waals surface area contributed by atoms with Crippen LogP contribution in [-0.2, 0) is 27.2 Å². The molecule has 1 aromatic heterocycles. The SMILES string of the molecule is COC(CNC(=O)Cc1csc(-c2ccc(CN3CCN(C)CC3)cc2)n1)OC. The molecule has 3 rings (SSSR count). The molecular formula is C21H30N4O3S. The molecule has 0 spiro atoms. The maximum absolute atomic E-state index is 12.1. The zero-order valence-electron chi connectivity index (χ0n) is 17.4. The summed E-state index contributed by atoms with van der Waals surface area (Å²) in [5.74, 6) is -0.0940. The number of nitrogens with zero attached hydrogens (tertiary/aromatic N) is 3. The molecule has 2 aromatic rings. The first-order valence-electron chi connectivity index (χ1n) is 9.84. The van der Waals surface area contributed by atoms with Gasteiger partial charge in [-0.3, -0.25) is 9.69 Å². The van der Waals surface area contributed by atoms with E-state index in [1.54, 1.807) is 25.6 Å². The number of rotatable bonds is 9. The van der Waals surface area contributed by atoms with Gasteiger partial charge in [0, 0.05) is 57.9 Å². The molecule has 0 saturated carbocycles. The molecule has 29 heavy (non-hydrogen) atoms. The Balaban J connectivity index is 1.51. The molecule has 1 saturated heterocycles. The van der Waals surface area contributed by atoms with E-state index in [1.165, 1.54) is 5.56 Å². The summed E-state index contributed by atoms with van der Waals surface area (Å²) in [4.78, 5) is 21.6. The van der Waals surface area contributed by atoms with E-state index in [9.17, 15) is 4.79 Å². The third-order valence-electron chi connectivity index (χ3n) is 5.09. The second kappa shape index (κ2) is 10.8. The molecule has 158 valence electrons. The lowest BCUT2D eigenvalue weighted by Crippen LogP contribution is -2.43. The summed E-state index contributed by atoms with van der Waals surface area (Å²) in [6, 6.07) is 8.60. The van der Waals surface area contributed by atoms with E-state index in [4.69, 9.17) is 9.47 Å². The highest BCUT2D eigenvalue weighted by atomic mass is 32.1. The van der Waals surface area contributed by atoms with Crippen LogP contribution < -0.4 is 5.32 Å². The van der Waals surface area contributed by atoms with Crippen LogP contribution in [0.5, 0.6) is 0 Å². The topological polar surface area (TPSA) is 66.9 Å². The molecule has 2 heterocycles. The first kappa shape index (κ1) is 21.9. The Hall–Kier alpha value is -1.84. The average molecular weight is 419 g/mol. The van der Waals surface area contributed by atoms with Crippen LogP contribution in [0.15, 0.2) is 29.6 Å². The van der Waals surface area contributed by atoms with Gasteiger partial charge in [-0.2, -0.15) is 0 Å². The Labute approximate surface area is 176 Å². The number of likely N-dealkylation sites (N-methyl/N-ethyl adjacent to an activating group) is 1. The van der Waals surface area contributed by atoms with Gasteiger partial charge in [0.25, 0.3) is 0 Å². The molecule has 1 N–H and O–H groups in total. The van der Waals surface area contributed by atoms with Crippen LogP contribution >= 0.6 is 11.3 Å². The number of hydrogen-bond donors (Lipinski definition) is 1. The highest BCUT2D eigenvalue weighted by Gasteiger charge is 2.14. The van der Waals surface area contributed by atoms with Crippen molar-refractivity contribution < 1.29 is 14.3 Å². The minimum Gasteiger partial charge on any atom is -0.354 e. The summed E-state index contributed by atoms with van der Waals surface area (Å²) in [7, 11) is 5.26. The average Bonchev–Trinajstić information content (AvgIpc) is 3.19. The fraction of sp³-hybridized carbons (Fsp3) is 0.524. The van der Waals surface area contributed by atoms with E-state index >= 15 is 0 Å². The summed E-state index contributed by atoms with van der Waals surface area (Å²) in [6.07, 6.45) is -0.188. The predicted octanol–water partition coefficient (Wildman–Crippen LogP) is 1.84. The number of aromatic nitrogens is 1. The molecule has 8 heteroatoms. The van der Waals surface area contributed by atoms with Crippen molar-refractivity contribution in [2.45, 2.75) is 19.3 Å². The quantitative estimate of drug-likeness (QED) is 0.627. The molecule has 1 aliphatic heterocycles. The molecule has 0 radical (unpaired) electrons. The van der Waals surface area contributed by atoms with Gasteiger partial charge < -0.3 is 19.7 Å². The van der Waals surface area contributed by atoms with Crippen molar-refractivity contribution in [2.75, 3.05) is 54.0 Å². The van der Waals surface area contributed by atoms with Crippen LogP contribution in [0.25, 0.3) is 10.6 Å². The van der Waals surface area contributed by atoms with Gasteiger partial charge in [0.1, 0.15) is 5.01 Å². The fourth-order valence-corrected chi connectivity index (χ4v) is 4.05. The Morgan fingerprint density at radius 1 is 1.17 bits per heavy atom. The molecule has 1 aromatic carbocycles. The van der Waals surface area contributed by atoms with Gasteiger partial charge in [0.05, 0.1) is 18.7 Å². The molecule has 1 aliphatic rings. The lowest BCUT2D eigenvalue weighted by molar-refractivity contribution is -0.126. The minimum atomic E-state index is -0.436. The van der Waals surface area contributed by atoms with Crippen LogP contribution in [0.4, 0.5) is 0 Å². The normalized spacial score (nSPS) is 15.7. The summed E-state index contributed by atoms with van der Waals surface area (Å²) >= 11 is 1.56. The van der Waals surface area contributed by atoms with Gasteiger partial charge in [-0.15, -0.1) is 11.3 Å². The van der Waals surface area contributed by atoms with E-state index in [0.29, 0.717) is 6.54 Å². The molecule has 7 nitrogen and oxygen atoms in total. The monoisotopic (exact) mass is 418 g/mol. The number of methoxy groups -OCH3 is 2. The van der Waals surface area contributed by atoms with Crippen molar-refractivity contribution in [3.05, 3.63) is 40.9 Å². The molecular weight excluding hydrogens is 388 g/mol. The lowest BCUT2D eigenvalue weighted by Gasteiger charge is -2.32. The van der Waals surface area contributed by atoms with E-state index in [0.717, 1.165) is 49.0 Å². The predicted molar refractivity (Wildman–Crippen MR) is 115 cm³/mol. The number of ether oxygens (including phenoxy) is 2. The van der Waals surface area contributed by atoms with E-state index in [-0.39, 0.29) is 12.3 Å². The Bertz CT molecular complexity index is 768. The van der Waals surface area contributed by atoms with Crippen molar-refractivity contribution in [3.63, 3.8) is 0 Å². The van der Waals surface area contributed by atoms with Crippen molar-refractivity contribution >= 4 is 17.2 Å². The maximum atomic E-state index is 12.1. The number of amides is 1. The highest BCUT2D eigenvalue weighted by molar-refractivity contribution is 7.13. The summed E-state index contributed by atoms with van der Waals surface area (Å²) < 4.78 is 10.1. The standard InChI is InChI=1S/C21H30N4O3S/c1-24-8-10-25(11-9-24)14-16-4-6-17(7-5-16)21-23-18(15-29-21)12-19(26)22-13-20(27-2)28-3/h4-7,15,20H,8-14H2,1-3H3,(H,22,26). The van der Waals surface area contributed by atoms with Crippen LogP contribution in [0.2, 0.25) is 0 Å². The van der Waals surface area contributed by atoms with Crippen molar-refractivity contribution in [2.24, 2.45) is 0 Å². The van der Waals surface area contributed by atoms with Gasteiger partial charge in [0.15, 0.2) is 6.29 Å². The number of nitrogens with one attached hydrogen (secondary N) is 1. The Morgan fingerprint density at radius 3 is 2.52 bits per heavy atom. The molecule has 0 atom stereocenters. The number of carbonyl (C=O) groups is 1. The van der Waals surface area contributed by atoms with E-state index < -0.39 is 6.29 Å². The second-order valence-corrected chi connectivity index (χ2v) is 8.16. The van der Waals surface area contributed by atoms with Crippen LogP contribution in [0, 0.1) is 0 Å². The maximum Gasteiger partial charge on any atom is 0.226 e. The van der Waals surface area contributed by atoms with Gasteiger partial charge >= 0.3 is 0 Å². The fourth-order valence-electron chi connectivity index (χ4n) is 3.22. The summed E-state index contributed by atoms with van der Waals surface area (Å²) in [6.45, 7) is 5.80. The summed E-state index contributed by atoms with van der Waals surface area (Å²) in [5, 5.41) is 5.68. The molecule has 1 amide bonds. The highest BCUT2D eigenvalue weighted by Crippen LogP contribution is 2.24. The minimum absolute atomic E-state index is 0.0940. The zero-order valence-corrected chi connectivity index (χ0v) is 18.2. The van der Waals surface area contributed by atoms with Crippen LogP contribution in [0.3, 0.4) is 0 Å². The molecule has 0 unspecified atom stereocenters. The number of carbonyl (C=O) groups excluding carboxylic acids is 1. The smallest absolute Gasteiger partial charge is 0.226 e. The summed E-state index contributed by atoms with van der Waals surface area (Å²) in [5.41, 5.74) is 3.18. The van der Waals surface area contributed by atoms with Gasteiger partial charge in [-0.05, 0) is 12.6 Å². The van der Waals surface area contributed by atoms with Crippen molar-refractivity contribution in [1.82, 2.24) is 20.1 Å². The number of piperazine rings is 1. The third kappa shape index (κ3) is 6.58. The third-order valence-corrected chi connectivity index (χ3v) is 6.03. The molecule has 0 bridgehead atoms. The zero-order chi connectivity index (χ0) is 20.6. The first-order valence-corrected chi connectivity index (χ1v) is 10.7. The van der Waals surface area contributed by atoms with Gasteiger partial charge in [0.2, 0.25) is 5.91 Å². The van der Waals surface area contributed by atoms with Gasteiger partial charge in [-0.25, -0.2) is 4.98 Å². The molecule has 0 aliphatic carbocycles. The van der Waals surface area contributed by atoms with E-state index in [2.05, 4.69) is 51.4 Å². The van der Waals surface area contributed by atoms with Crippen LogP contribution in [-0.4, -0.2) is 81.0 Å². The van der Waals surface area contributed by atoms with Gasteiger partial charge in [-0.1, -0.05) is 24.3 Å². The Morgan fingerprint density at radius 2 is 1.86 bits per heavy atom. The number of thiazole rings is 1. The van der Waals surface area contributed by atoms with E-state index in [1.807, 2.05) is 5.38 Å². The van der Waals surface area contributed by atoms with Crippen molar-refractivity contribution in [3.8, 4) is 10.6 Å². The van der Waals surface area contributed by atoms with Crippen molar-refractivity contribution in [1.29, 1.82) is 0 Å². The first-order chi connectivity index (χ1) is 14.1. The number of hydrogen-bond acceptors (Lipinski definition) is 7. The largest absolute Gasteiger partial charge is 0.354 e. The second-order valence-electron chi connectivity index (χ2n) is 7.30.